The van der Waals surface area contributed by atoms with Crippen LogP contribution in [0, 0.1) is 0 Å². The molecule has 0 aliphatic carbocycles. The predicted octanol–water partition coefficient (Wildman–Crippen LogP) is 3.00. The second-order valence-electron chi connectivity index (χ2n) is 5.16. The summed E-state index contributed by atoms with van der Waals surface area (Å²) in [5.41, 5.74) is 7.54. The van der Waals surface area contributed by atoms with Gasteiger partial charge in [-0.3, -0.25) is 0 Å². The number of anilines is 1. The summed E-state index contributed by atoms with van der Waals surface area (Å²) in [6.07, 6.45) is 6.37. The number of rotatable bonds is 6. The summed E-state index contributed by atoms with van der Waals surface area (Å²) in [6.45, 7) is 1.52. The molecule has 0 unspecified atom stereocenters. The number of hydrogen-bond acceptors (Lipinski definition) is 4. The van der Waals surface area contributed by atoms with Gasteiger partial charge in [0.05, 0.1) is 26.0 Å². The minimum Gasteiger partial charge on any atom is -0.378 e. The molecule has 1 aromatic carbocycles. The van der Waals surface area contributed by atoms with E-state index in [0.29, 0.717) is 6.54 Å². The molecule has 126 valence electrons. The molecule has 0 amide bonds. The molecule has 0 fully saturated rings. The van der Waals surface area contributed by atoms with E-state index in [1.54, 1.807) is 0 Å². The van der Waals surface area contributed by atoms with Crippen LogP contribution in [0.2, 0.25) is 0 Å². The van der Waals surface area contributed by atoms with Crippen LogP contribution in [0.4, 0.5) is 17.3 Å². The fourth-order valence-electron chi connectivity index (χ4n) is 2.00. The lowest BCUT2D eigenvalue weighted by atomic mass is 10.3. The van der Waals surface area contributed by atoms with Crippen LogP contribution in [0.3, 0.4) is 0 Å². The molecule has 2 N–H and O–H groups in total. The third-order valence-electron chi connectivity index (χ3n) is 3.27. The molecule has 1 heterocycles. The Kier molecular flexibility index (Phi) is 8.29. The molecule has 7 heteroatoms. The Morgan fingerprint density at radius 2 is 1.83 bits per heavy atom. The van der Waals surface area contributed by atoms with Crippen molar-refractivity contribution in [2.24, 2.45) is 23.0 Å². The number of halogens is 1. The van der Waals surface area contributed by atoms with Gasteiger partial charge in [0.1, 0.15) is 5.69 Å². The zero-order chi connectivity index (χ0) is 17.2. The number of hydrogen-bond donors (Lipinski definition) is 1. The second kappa shape index (κ2) is 9.97. The van der Waals surface area contributed by atoms with Crippen LogP contribution in [0.25, 0.3) is 0 Å². The summed E-state index contributed by atoms with van der Waals surface area (Å²) in [4.78, 5) is 2.05. The van der Waals surface area contributed by atoms with Crippen molar-refractivity contribution in [1.82, 2.24) is 4.57 Å². The molecule has 0 atom stereocenters. The lowest BCUT2D eigenvalue weighted by molar-refractivity contribution is -0.657. The van der Waals surface area contributed by atoms with Crippen molar-refractivity contribution in [1.29, 1.82) is 0 Å². The molecular formula is C16H26ClN6+. The molecule has 0 saturated heterocycles. The predicted molar refractivity (Wildman–Crippen MR) is 96.0 cm³/mol. The van der Waals surface area contributed by atoms with Crippen molar-refractivity contribution in [2.45, 2.75) is 13.0 Å². The maximum absolute atomic E-state index is 5.56. The molecule has 6 nitrogen and oxygen atoms in total. The number of imidazole rings is 1. The third kappa shape index (κ3) is 5.65. The smallest absolute Gasteiger partial charge is 0.378 e. The lowest BCUT2D eigenvalue weighted by Gasteiger charge is -2.11. The Morgan fingerprint density at radius 1 is 1.17 bits per heavy atom. The fourth-order valence-corrected chi connectivity index (χ4v) is 2.00. The van der Waals surface area contributed by atoms with Gasteiger partial charge < -0.3 is 10.6 Å². The average Bonchev–Trinajstić information content (AvgIpc) is 2.93. The molecule has 1 aromatic heterocycles. The van der Waals surface area contributed by atoms with Gasteiger partial charge in [-0.15, -0.1) is 11.6 Å². The summed E-state index contributed by atoms with van der Waals surface area (Å²) in [7, 11) is 5.99. The van der Waals surface area contributed by atoms with Gasteiger partial charge in [0.15, 0.2) is 0 Å². The largest absolute Gasteiger partial charge is 0.421 e. The van der Waals surface area contributed by atoms with Crippen LogP contribution in [-0.2, 0) is 13.6 Å². The molecule has 0 saturated carbocycles. The molecule has 0 aliphatic rings. The standard InChI is InChI=1S/C15H23N6.CH3Cl/c1-19(2)14-7-5-13(6-8-14)17-18-15-20(3)11-12-21(15)10-4-9-16;1-2/h5-8,11-12H,4,9-10,16H2,1-3H3;1H3/q+1;. The monoisotopic (exact) mass is 337 g/mol. The Bertz CT molecular complexity index is 604. The molecule has 23 heavy (non-hydrogen) atoms. The Morgan fingerprint density at radius 3 is 2.39 bits per heavy atom. The summed E-state index contributed by atoms with van der Waals surface area (Å²) in [5.74, 6) is 0.820. The molecule has 0 aliphatic heterocycles. The lowest BCUT2D eigenvalue weighted by Crippen LogP contribution is -2.25. The van der Waals surface area contributed by atoms with Crippen LogP contribution >= 0.6 is 11.6 Å². The molecule has 2 rings (SSSR count). The highest BCUT2D eigenvalue weighted by Crippen LogP contribution is 2.20. The highest BCUT2D eigenvalue weighted by Gasteiger charge is 2.13. The van der Waals surface area contributed by atoms with Crippen molar-refractivity contribution in [2.75, 3.05) is 31.9 Å². The van der Waals surface area contributed by atoms with E-state index in [1.807, 2.05) is 62.4 Å². The number of azo groups is 1. The normalized spacial score (nSPS) is 10.5. The van der Waals surface area contributed by atoms with E-state index in [4.69, 9.17) is 5.73 Å². The van der Waals surface area contributed by atoms with E-state index in [2.05, 4.69) is 31.3 Å². The number of benzene rings is 1. The maximum Gasteiger partial charge on any atom is 0.421 e. The van der Waals surface area contributed by atoms with Gasteiger partial charge in [0.25, 0.3) is 0 Å². The quantitative estimate of drug-likeness (QED) is 0.500. The first-order chi connectivity index (χ1) is 11.1. The van der Waals surface area contributed by atoms with Gasteiger partial charge >= 0.3 is 5.95 Å². The van der Waals surface area contributed by atoms with Crippen molar-refractivity contribution in [3.63, 3.8) is 0 Å². The number of aryl methyl sites for hydroxylation is 2. The minimum atomic E-state index is 0.671. The van der Waals surface area contributed by atoms with E-state index in [9.17, 15) is 0 Å². The fraction of sp³-hybridized carbons (Fsp3) is 0.438. The first-order valence-electron chi connectivity index (χ1n) is 7.43. The Balaban J connectivity index is 0.00000127. The van der Waals surface area contributed by atoms with Gasteiger partial charge in [0, 0.05) is 31.3 Å². The van der Waals surface area contributed by atoms with E-state index < -0.39 is 0 Å². The summed E-state index contributed by atoms with van der Waals surface area (Å²) >= 11 is 4.64. The van der Waals surface area contributed by atoms with E-state index in [1.165, 1.54) is 6.38 Å². The minimum absolute atomic E-state index is 0.671. The Hall–Kier alpha value is -1.92. The highest BCUT2D eigenvalue weighted by molar-refractivity contribution is 6.15. The van der Waals surface area contributed by atoms with E-state index in [-0.39, 0.29) is 0 Å². The van der Waals surface area contributed by atoms with Crippen molar-refractivity contribution in [3.05, 3.63) is 36.7 Å². The number of nitrogens with zero attached hydrogens (tertiary/aromatic N) is 5. The van der Waals surface area contributed by atoms with Crippen molar-refractivity contribution >= 4 is 28.9 Å². The topological polar surface area (TPSA) is 62.8 Å². The molecular weight excluding hydrogens is 312 g/mol. The van der Waals surface area contributed by atoms with Crippen LogP contribution in [0.15, 0.2) is 46.9 Å². The zero-order valence-corrected chi connectivity index (χ0v) is 15.0. The average molecular weight is 338 g/mol. The number of aromatic nitrogens is 2. The summed E-state index contributed by atoms with van der Waals surface area (Å²) in [5, 5.41) is 8.67. The van der Waals surface area contributed by atoms with Gasteiger partial charge in [-0.2, -0.15) is 0 Å². The summed E-state index contributed by atoms with van der Waals surface area (Å²) in [6, 6.07) is 7.99. The SMILES string of the molecule is CCl.CN(C)c1ccc(N=Nc2n(CCCN)cc[n+]2C)cc1. The van der Waals surface area contributed by atoms with Crippen LogP contribution < -0.4 is 15.2 Å². The molecule has 0 bridgehead atoms. The van der Waals surface area contributed by atoms with Gasteiger partial charge in [0.2, 0.25) is 0 Å². The number of alkyl halides is 1. The summed E-state index contributed by atoms with van der Waals surface area (Å²) < 4.78 is 4.01. The zero-order valence-electron chi connectivity index (χ0n) is 14.3. The van der Waals surface area contributed by atoms with E-state index in [0.717, 1.165) is 30.3 Å². The molecule has 2 aromatic rings. The van der Waals surface area contributed by atoms with Crippen LogP contribution in [0.5, 0.6) is 0 Å². The van der Waals surface area contributed by atoms with Crippen LogP contribution in [0.1, 0.15) is 6.42 Å². The van der Waals surface area contributed by atoms with Gasteiger partial charge in [-0.25, -0.2) is 9.13 Å². The van der Waals surface area contributed by atoms with Crippen LogP contribution in [-0.4, -0.2) is 31.6 Å². The second-order valence-corrected chi connectivity index (χ2v) is 5.16. The number of nitrogens with two attached hydrogens (primary N) is 1. The highest BCUT2D eigenvalue weighted by atomic mass is 35.5. The van der Waals surface area contributed by atoms with Crippen molar-refractivity contribution in [3.8, 4) is 0 Å². The van der Waals surface area contributed by atoms with Crippen molar-refractivity contribution < 1.29 is 4.57 Å². The first-order valence-corrected chi connectivity index (χ1v) is 8.19. The maximum atomic E-state index is 5.56. The Labute approximate surface area is 143 Å². The van der Waals surface area contributed by atoms with Gasteiger partial charge in [-0.1, -0.05) is 5.11 Å². The molecule has 0 radical (unpaired) electrons. The van der Waals surface area contributed by atoms with E-state index >= 15 is 0 Å². The third-order valence-corrected chi connectivity index (χ3v) is 3.27. The van der Waals surface area contributed by atoms with Gasteiger partial charge in [-0.05, 0) is 37.2 Å². The first kappa shape index (κ1) is 19.1. The molecule has 0 spiro atoms.